The number of anilines is 1. The number of hydrogen-bond donors (Lipinski definition) is 2. The van der Waals surface area contributed by atoms with Crippen molar-refractivity contribution in [3.05, 3.63) is 98.6 Å². The Morgan fingerprint density at radius 1 is 1.11 bits per heavy atom. The van der Waals surface area contributed by atoms with Crippen LogP contribution in [0.15, 0.2) is 76.9 Å². The Morgan fingerprint density at radius 2 is 1.91 bits per heavy atom. The van der Waals surface area contributed by atoms with E-state index in [2.05, 4.69) is 26.6 Å². The van der Waals surface area contributed by atoms with Gasteiger partial charge in [-0.05, 0) is 55.0 Å². The maximum absolute atomic E-state index is 12.9. The largest absolute Gasteiger partial charge is 0.488 e. The van der Waals surface area contributed by atoms with Gasteiger partial charge in [-0.15, -0.1) is 0 Å². The molecule has 35 heavy (non-hydrogen) atoms. The zero-order valence-electron chi connectivity index (χ0n) is 18.7. The molecule has 3 aromatic carbocycles. The highest BCUT2D eigenvalue weighted by Gasteiger charge is 2.35. The normalized spacial score (nSPS) is 14.3. The van der Waals surface area contributed by atoms with Gasteiger partial charge in [0.05, 0.1) is 0 Å². The summed E-state index contributed by atoms with van der Waals surface area (Å²) in [5.74, 6) is -0.587. The van der Waals surface area contributed by atoms with E-state index in [4.69, 9.17) is 16.3 Å². The zero-order valence-corrected chi connectivity index (χ0v) is 21.0. The van der Waals surface area contributed by atoms with Gasteiger partial charge in [0.25, 0.3) is 5.91 Å². The monoisotopic (exact) mass is 553 g/mol. The second-order valence-electron chi connectivity index (χ2n) is 7.86. The van der Waals surface area contributed by atoms with Gasteiger partial charge in [0.15, 0.2) is 0 Å². The molecule has 1 saturated heterocycles. The number of benzene rings is 3. The molecule has 4 rings (SSSR count). The molecule has 1 fully saturated rings. The van der Waals surface area contributed by atoms with Crippen molar-refractivity contribution < 1.29 is 19.1 Å². The van der Waals surface area contributed by atoms with Crippen molar-refractivity contribution in [3.63, 3.8) is 0 Å². The summed E-state index contributed by atoms with van der Waals surface area (Å²) in [6.45, 7) is 1.71. The van der Waals surface area contributed by atoms with Crippen LogP contribution in [-0.4, -0.2) is 29.3 Å². The van der Waals surface area contributed by atoms with Crippen LogP contribution >= 0.6 is 27.5 Å². The Morgan fingerprint density at radius 3 is 2.69 bits per heavy atom. The molecule has 0 aromatic heterocycles. The lowest BCUT2D eigenvalue weighted by molar-refractivity contribution is -0.127. The van der Waals surface area contributed by atoms with E-state index in [-0.39, 0.29) is 12.3 Å². The van der Waals surface area contributed by atoms with E-state index in [0.29, 0.717) is 22.0 Å². The highest BCUT2D eigenvalue weighted by Crippen LogP contribution is 2.28. The molecule has 0 atom stereocenters. The molecule has 0 unspecified atom stereocenters. The number of imide groups is 1. The number of urea groups is 1. The second kappa shape index (κ2) is 10.8. The standard InChI is InChI=1S/C26H21BrClN3O4/c1-16-5-4-7-20(11-16)29-24(32)14-31-25(33)22(30-26(31)34)13-18-12-19(27)9-10-23(18)35-15-17-6-2-3-8-21(17)28/h2-13H,14-15H2,1H3,(H,29,32)(H,30,34)/b22-13+. The van der Waals surface area contributed by atoms with E-state index in [1.807, 2.05) is 37.3 Å². The Labute approximate surface area is 215 Å². The molecule has 1 aliphatic rings. The maximum Gasteiger partial charge on any atom is 0.329 e. The predicted octanol–water partition coefficient (Wildman–Crippen LogP) is 5.52. The second-order valence-corrected chi connectivity index (χ2v) is 9.18. The van der Waals surface area contributed by atoms with Crippen LogP contribution in [0.5, 0.6) is 5.75 Å². The van der Waals surface area contributed by atoms with Gasteiger partial charge < -0.3 is 15.4 Å². The molecule has 0 aliphatic carbocycles. The number of aryl methyl sites for hydroxylation is 1. The fourth-order valence-corrected chi connectivity index (χ4v) is 4.04. The molecule has 9 heteroatoms. The summed E-state index contributed by atoms with van der Waals surface area (Å²) in [5, 5.41) is 5.82. The molecular weight excluding hydrogens is 534 g/mol. The first-order valence-electron chi connectivity index (χ1n) is 10.7. The van der Waals surface area contributed by atoms with E-state index in [1.165, 1.54) is 6.08 Å². The van der Waals surface area contributed by atoms with Crippen molar-refractivity contribution in [2.24, 2.45) is 0 Å². The Balaban J connectivity index is 1.49. The number of carbonyl (C=O) groups is 3. The first-order valence-corrected chi connectivity index (χ1v) is 11.8. The highest BCUT2D eigenvalue weighted by atomic mass is 79.9. The highest BCUT2D eigenvalue weighted by molar-refractivity contribution is 9.10. The zero-order chi connectivity index (χ0) is 24.9. The van der Waals surface area contributed by atoms with Crippen LogP contribution in [0.2, 0.25) is 5.02 Å². The predicted molar refractivity (Wildman–Crippen MR) is 138 cm³/mol. The van der Waals surface area contributed by atoms with E-state index in [9.17, 15) is 14.4 Å². The van der Waals surface area contributed by atoms with Gasteiger partial charge in [-0.3, -0.25) is 9.59 Å². The molecule has 7 nitrogen and oxygen atoms in total. The Kier molecular flexibility index (Phi) is 7.53. The van der Waals surface area contributed by atoms with Gasteiger partial charge in [0.2, 0.25) is 5.91 Å². The smallest absolute Gasteiger partial charge is 0.329 e. The van der Waals surface area contributed by atoms with E-state index < -0.39 is 24.4 Å². The van der Waals surface area contributed by atoms with Crippen LogP contribution in [-0.2, 0) is 16.2 Å². The molecule has 3 aromatic rings. The van der Waals surface area contributed by atoms with Gasteiger partial charge in [-0.1, -0.05) is 57.9 Å². The fourth-order valence-electron chi connectivity index (χ4n) is 3.47. The molecule has 0 saturated carbocycles. The Bertz CT molecular complexity index is 1340. The third kappa shape index (κ3) is 6.09. The average Bonchev–Trinajstić information content (AvgIpc) is 3.07. The summed E-state index contributed by atoms with van der Waals surface area (Å²) in [6.07, 6.45) is 1.52. The van der Waals surface area contributed by atoms with Gasteiger partial charge in [-0.25, -0.2) is 9.69 Å². The minimum absolute atomic E-state index is 0.0408. The molecule has 0 bridgehead atoms. The topological polar surface area (TPSA) is 87.7 Å². The van der Waals surface area contributed by atoms with Crippen molar-refractivity contribution in [1.29, 1.82) is 0 Å². The number of carbonyl (C=O) groups excluding carboxylic acids is 3. The lowest BCUT2D eigenvalue weighted by atomic mass is 10.1. The number of rotatable bonds is 7. The summed E-state index contributed by atoms with van der Waals surface area (Å²) >= 11 is 9.63. The molecule has 1 heterocycles. The SMILES string of the molecule is Cc1cccc(NC(=O)CN2C(=O)N/C(=C/c3cc(Br)ccc3OCc3ccccc3Cl)C2=O)c1. The molecule has 0 radical (unpaired) electrons. The van der Waals surface area contributed by atoms with Crippen LogP contribution < -0.4 is 15.4 Å². The third-order valence-corrected chi connectivity index (χ3v) is 6.04. The van der Waals surface area contributed by atoms with Crippen LogP contribution in [0.1, 0.15) is 16.7 Å². The Hall–Kier alpha value is -3.62. The first kappa shape index (κ1) is 24.5. The summed E-state index contributed by atoms with van der Waals surface area (Å²) in [4.78, 5) is 38.7. The number of ether oxygens (including phenoxy) is 1. The molecule has 4 amide bonds. The average molecular weight is 555 g/mol. The summed E-state index contributed by atoms with van der Waals surface area (Å²) in [5.41, 5.74) is 2.99. The van der Waals surface area contributed by atoms with Crippen molar-refractivity contribution in [3.8, 4) is 5.75 Å². The van der Waals surface area contributed by atoms with Crippen molar-refractivity contribution in [2.75, 3.05) is 11.9 Å². The number of hydrogen-bond acceptors (Lipinski definition) is 4. The van der Waals surface area contributed by atoms with Crippen LogP contribution in [0.25, 0.3) is 6.08 Å². The van der Waals surface area contributed by atoms with Gasteiger partial charge in [0.1, 0.15) is 24.6 Å². The van der Waals surface area contributed by atoms with Gasteiger partial charge >= 0.3 is 6.03 Å². The lowest BCUT2D eigenvalue weighted by Crippen LogP contribution is -2.38. The quantitative estimate of drug-likeness (QED) is 0.297. The molecule has 0 spiro atoms. The minimum Gasteiger partial charge on any atom is -0.488 e. The van der Waals surface area contributed by atoms with Crippen LogP contribution in [0, 0.1) is 6.92 Å². The van der Waals surface area contributed by atoms with Crippen molar-refractivity contribution in [2.45, 2.75) is 13.5 Å². The minimum atomic E-state index is -0.672. The maximum atomic E-state index is 12.9. The summed E-state index contributed by atoms with van der Waals surface area (Å²) in [6, 6.07) is 19.2. The van der Waals surface area contributed by atoms with Crippen molar-refractivity contribution in [1.82, 2.24) is 10.2 Å². The summed E-state index contributed by atoms with van der Waals surface area (Å²) in [7, 11) is 0. The van der Waals surface area contributed by atoms with E-state index in [0.717, 1.165) is 20.5 Å². The lowest BCUT2D eigenvalue weighted by Gasteiger charge is -2.12. The van der Waals surface area contributed by atoms with Gasteiger partial charge in [-0.2, -0.15) is 0 Å². The van der Waals surface area contributed by atoms with E-state index in [1.54, 1.807) is 36.4 Å². The molecule has 2 N–H and O–H groups in total. The van der Waals surface area contributed by atoms with Gasteiger partial charge in [0, 0.05) is 26.3 Å². The van der Waals surface area contributed by atoms with Crippen molar-refractivity contribution >= 4 is 57.1 Å². The molecule has 1 aliphatic heterocycles. The number of nitrogens with one attached hydrogen (secondary N) is 2. The van der Waals surface area contributed by atoms with Crippen LogP contribution in [0.3, 0.4) is 0 Å². The first-order chi connectivity index (χ1) is 16.8. The summed E-state index contributed by atoms with van der Waals surface area (Å²) < 4.78 is 6.71. The van der Waals surface area contributed by atoms with Crippen LogP contribution in [0.4, 0.5) is 10.5 Å². The fraction of sp³-hybridized carbons (Fsp3) is 0.115. The van der Waals surface area contributed by atoms with E-state index >= 15 is 0 Å². The molecular formula is C26H21BrClN3O4. The third-order valence-electron chi connectivity index (χ3n) is 5.18. The molecule has 178 valence electrons. The number of nitrogens with zero attached hydrogens (tertiary/aromatic N) is 1. The number of halogens is 2. The number of amides is 4.